The predicted octanol–water partition coefficient (Wildman–Crippen LogP) is 2.91. The summed E-state index contributed by atoms with van der Waals surface area (Å²) >= 11 is 0. The fourth-order valence-electron chi connectivity index (χ4n) is 1.82. The number of ether oxygens (including phenoxy) is 1. The number of furan rings is 1. The molecule has 0 unspecified atom stereocenters. The molecule has 1 aromatic carbocycles. The van der Waals surface area contributed by atoms with Crippen molar-refractivity contribution >= 4 is 17.9 Å². The summed E-state index contributed by atoms with van der Waals surface area (Å²) in [5, 5.41) is 0. The molecule has 0 radical (unpaired) electrons. The van der Waals surface area contributed by atoms with Crippen molar-refractivity contribution in [1.29, 1.82) is 0 Å². The first-order chi connectivity index (χ1) is 9.36. The van der Waals surface area contributed by atoms with E-state index in [1.807, 2.05) is 36.4 Å². The summed E-state index contributed by atoms with van der Waals surface area (Å²) in [5.74, 6) is 1.96. The monoisotopic (exact) mass is 253 g/mol. The van der Waals surface area contributed by atoms with Gasteiger partial charge in [0.25, 0.3) is 0 Å². The van der Waals surface area contributed by atoms with Crippen molar-refractivity contribution in [2.24, 2.45) is 4.99 Å². The highest BCUT2D eigenvalue weighted by Crippen LogP contribution is 2.22. The second-order valence-electron chi connectivity index (χ2n) is 4.00. The Kier molecular flexibility index (Phi) is 2.98. The summed E-state index contributed by atoms with van der Waals surface area (Å²) in [6, 6.07) is 13.0. The van der Waals surface area contributed by atoms with Crippen molar-refractivity contribution in [2.75, 3.05) is 6.54 Å². The number of rotatable bonds is 3. The van der Waals surface area contributed by atoms with E-state index in [0.717, 1.165) is 5.56 Å². The highest BCUT2D eigenvalue weighted by atomic mass is 16.5. The molecule has 0 aliphatic carbocycles. The average molecular weight is 253 g/mol. The van der Waals surface area contributed by atoms with Crippen molar-refractivity contribution in [1.82, 2.24) is 0 Å². The van der Waals surface area contributed by atoms with Crippen molar-refractivity contribution in [3.8, 4) is 0 Å². The summed E-state index contributed by atoms with van der Waals surface area (Å²) < 4.78 is 11.1. The van der Waals surface area contributed by atoms with Crippen LogP contribution in [0.25, 0.3) is 5.76 Å². The Labute approximate surface area is 110 Å². The minimum atomic E-state index is 0.281. The Balaban J connectivity index is 1.84. The van der Waals surface area contributed by atoms with E-state index in [0.29, 0.717) is 30.2 Å². The van der Waals surface area contributed by atoms with Crippen LogP contribution in [0.15, 0.2) is 58.0 Å². The van der Waals surface area contributed by atoms with Gasteiger partial charge in [0.05, 0.1) is 6.54 Å². The van der Waals surface area contributed by atoms with Crippen LogP contribution in [0.5, 0.6) is 0 Å². The first-order valence-corrected chi connectivity index (χ1v) is 5.90. The van der Waals surface area contributed by atoms with Crippen LogP contribution in [0.1, 0.15) is 21.9 Å². The zero-order chi connectivity index (χ0) is 13.1. The van der Waals surface area contributed by atoms with E-state index in [1.165, 1.54) is 0 Å². The molecule has 0 atom stereocenters. The lowest BCUT2D eigenvalue weighted by atomic mass is 10.2. The molecule has 2 heterocycles. The SMILES string of the molecule is O=Cc1ccc(C2=CCN=C(c3ccccc3)O2)o1. The molecule has 0 N–H and O–H groups in total. The zero-order valence-corrected chi connectivity index (χ0v) is 10.1. The normalized spacial score (nSPS) is 14.3. The van der Waals surface area contributed by atoms with Crippen LogP contribution >= 0.6 is 0 Å². The molecule has 1 aliphatic rings. The van der Waals surface area contributed by atoms with Gasteiger partial charge in [-0.15, -0.1) is 0 Å². The molecule has 3 rings (SSSR count). The van der Waals surface area contributed by atoms with Crippen LogP contribution in [0.3, 0.4) is 0 Å². The van der Waals surface area contributed by atoms with Crippen LogP contribution in [0.4, 0.5) is 0 Å². The van der Waals surface area contributed by atoms with Gasteiger partial charge in [-0.05, 0) is 30.3 Å². The molecule has 0 fully saturated rings. The zero-order valence-electron chi connectivity index (χ0n) is 10.1. The van der Waals surface area contributed by atoms with Crippen molar-refractivity contribution in [2.45, 2.75) is 0 Å². The second-order valence-corrected chi connectivity index (χ2v) is 4.00. The predicted molar refractivity (Wildman–Crippen MR) is 71.0 cm³/mol. The van der Waals surface area contributed by atoms with E-state index >= 15 is 0 Å². The lowest BCUT2D eigenvalue weighted by Gasteiger charge is -2.14. The van der Waals surface area contributed by atoms with Gasteiger partial charge in [-0.3, -0.25) is 4.79 Å². The third-order valence-corrected chi connectivity index (χ3v) is 2.72. The van der Waals surface area contributed by atoms with Gasteiger partial charge in [0.2, 0.25) is 5.90 Å². The molecule has 0 saturated carbocycles. The van der Waals surface area contributed by atoms with Crippen molar-refractivity contribution in [3.63, 3.8) is 0 Å². The molecule has 2 aromatic rings. The molecule has 19 heavy (non-hydrogen) atoms. The fourth-order valence-corrected chi connectivity index (χ4v) is 1.82. The smallest absolute Gasteiger partial charge is 0.222 e. The number of nitrogens with zero attached hydrogens (tertiary/aromatic N) is 1. The summed E-state index contributed by atoms with van der Waals surface area (Å²) in [6.45, 7) is 0.524. The Hall–Kier alpha value is -2.62. The Morgan fingerprint density at radius 3 is 2.68 bits per heavy atom. The van der Waals surface area contributed by atoms with E-state index in [9.17, 15) is 4.79 Å². The number of aliphatic imine (C=N–C) groups is 1. The van der Waals surface area contributed by atoms with Gasteiger partial charge in [-0.25, -0.2) is 4.99 Å². The third-order valence-electron chi connectivity index (χ3n) is 2.72. The number of carbonyl (C=O) groups is 1. The molecule has 4 heteroatoms. The fraction of sp³-hybridized carbons (Fsp3) is 0.0667. The molecular formula is C15H11NO3. The van der Waals surface area contributed by atoms with Gasteiger partial charge in [-0.2, -0.15) is 0 Å². The highest BCUT2D eigenvalue weighted by molar-refractivity contribution is 5.98. The molecule has 1 aromatic heterocycles. The van der Waals surface area contributed by atoms with Crippen LogP contribution in [-0.4, -0.2) is 18.7 Å². The number of benzene rings is 1. The molecule has 0 amide bonds. The topological polar surface area (TPSA) is 51.8 Å². The van der Waals surface area contributed by atoms with Gasteiger partial charge in [0.1, 0.15) is 0 Å². The molecular weight excluding hydrogens is 242 g/mol. The molecule has 94 valence electrons. The first kappa shape index (κ1) is 11.5. The van der Waals surface area contributed by atoms with E-state index in [1.54, 1.807) is 12.1 Å². The van der Waals surface area contributed by atoms with Gasteiger partial charge in [0, 0.05) is 5.56 Å². The summed E-state index contributed by atoms with van der Waals surface area (Å²) in [6.07, 6.45) is 2.49. The maximum Gasteiger partial charge on any atom is 0.222 e. The van der Waals surface area contributed by atoms with E-state index in [4.69, 9.17) is 9.15 Å². The maximum absolute atomic E-state index is 10.6. The van der Waals surface area contributed by atoms with Crippen LogP contribution in [0, 0.1) is 0 Å². The van der Waals surface area contributed by atoms with Gasteiger partial charge >= 0.3 is 0 Å². The third kappa shape index (κ3) is 2.33. The molecule has 0 spiro atoms. The number of aldehydes is 1. The summed E-state index contributed by atoms with van der Waals surface area (Å²) in [5.41, 5.74) is 0.912. The number of carbonyl (C=O) groups excluding carboxylic acids is 1. The Morgan fingerprint density at radius 2 is 1.95 bits per heavy atom. The lowest BCUT2D eigenvalue weighted by molar-refractivity contribution is 0.110. The number of hydrogen-bond acceptors (Lipinski definition) is 4. The summed E-state index contributed by atoms with van der Waals surface area (Å²) in [4.78, 5) is 14.9. The van der Waals surface area contributed by atoms with Gasteiger partial charge < -0.3 is 9.15 Å². The first-order valence-electron chi connectivity index (χ1n) is 5.90. The standard InChI is InChI=1S/C15H11NO3/c17-10-12-6-7-13(18-12)14-8-9-16-15(19-14)11-4-2-1-3-5-11/h1-8,10H,9H2. The van der Waals surface area contributed by atoms with Crippen LogP contribution < -0.4 is 0 Å². The van der Waals surface area contributed by atoms with E-state index in [-0.39, 0.29) is 5.76 Å². The maximum atomic E-state index is 10.6. The van der Waals surface area contributed by atoms with Crippen LogP contribution in [0.2, 0.25) is 0 Å². The van der Waals surface area contributed by atoms with Crippen molar-refractivity contribution < 1.29 is 13.9 Å². The quantitative estimate of drug-likeness (QED) is 0.790. The molecule has 0 bridgehead atoms. The minimum absolute atomic E-state index is 0.281. The van der Waals surface area contributed by atoms with Crippen LogP contribution in [-0.2, 0) is 4.74 Å². The molecule has 1 aliphatic heterocycles. The van der Waals surface area contributed by atoms with E-state index in [2.05, 4.69) is 4.99 Å². The number of hydrogen-bond donors (Lipinski definition) is 0. The van der Waals surface area contributed by atoms with Gasteiger partial charge in [-0.1, -0.05) is 18.2 Å². The Morgan fingerprint density at radius 1 is 1.11 bits per heavy atom. The molecule has 0 saturated heterocycles. The minimum Gasteiger partial charge on any atom is -0.450 e. The van der Waals surface area contributed by atoms with E-state index < -0.39 is 0 Å². The average Bonchev–Trinajstić information content (AvgIpc) is 2.97. The molecule has 4 nitrogen and oxygen atoms in total. The lowest BCUT2D eigenvalue weighted by Crippen LogP contribution is -2.10. The summed E-state index contributed by atoms with van der Waals surface area (Å²) in [7, 11) is 0. The van der Waals surface area contributed by atoms with Gasteiger partial charge in [0.15, 0.2) is 23.6 Å². The largest absolute Gasteiger partial charge is 0.450 e. The Bertz CT molecular complexity index is 653. The second kappa shape index (κ2) is 4.94. The highest BCUT2D eigenvalue weighted by Gasteiger charge is 2.16. The van der Waals surface area contributed by atoms with Crippen molar-refractivity contribution in [3.05, 3.63) is 65.6 Å².